The first kappa shape index (κ1) is 9.29. The van der Waals surface area contributed by atoms with Gasteiger partial charge in [-0.1, -0.05) is 24.8 Å². The molecular weight excluding hydrogens is 146 g/mol. The Balaban J connectivity index is 4.35. The van der Waals surface area contributed by atoms with Crippen LogP contribution in [0.5, 0.6) is 0 Å². The number of aliphatic carboxylic acids is 1. The summed E-state index contributed by atoms with van der Waals surface area (Å²) < 4.78 is 0. The second kappa shape index (κ2) is 5.10. The summed E-state index contributed by atoms with van der Waals surface area (Å²) in [6, 6.07) is 0. The molecule has 0 saturated heterocycles. The molecule has 0 amide bonds. The number of carbonyl (C=O) groups is 1. The molecule has 0 unspecified atom stereocenters. The van der Waals surface area contributed by atoms with Crippen molar-refractivity contribution in [1.29, 1.82) is 0 Å². The molecule has 0 aliphatic rings. The van der Waals surface area contributed by atoms with E-state index in [4.69, 9.17) is 5.11 Å². The fourth-order valence-electron chi connectivity index (χ4n) is 0.366. The smallest absolute Gasteiger partial charge is 0.358 e. The van der Waals surface area contributed by atoms with Gasteiger partial charge in [0, 0.05) is 0 Å². The van der Waals surface area contributed by atoms with Gasteiger partial charge in [-0.15, -0.1) is 4.91 Å². The molecule has 0 aliphatic heterocycles. The van der Waals surface area contributed by atoms with Crippen molar-refractivity contribution in [3.8, 4) is 0 Å². The minimum atomic E-state index is -1.34. The number of carboxylic acids is 1. The molecule has 4 nitrogen and oxygen atoms in total. The van der Waals surface area contributed by atoms with Gasteiger partial charge < -0.3 is 5.11 Å². The van der Waals surface area contributed by atoms with Crippen LogP contribution in [0, 0.1) is 4.91 Å². The highest BCUT2D eigenvalue weighted by atomic mass is 16.4. The number of allylic oxidation sites excluding steroid dienone is 4. The summed E-state index contributed by atoms with van der Waals surface area (Å²) in [7, 11) is 0. The highest BCUT2D eigenvalue weighted by Crippen LogP contribution is 1.95. The van der Waals surface area contributed by atoms with E-state index in [1.54, 1.807) is 0 Å². The van der Waals surface area contributed by atoms with E-state index in [-0.39, 0.29) is 0 Å². The van der Waals surface area contributed by atoms with E-state index in [0.717, 1.165) is 6.08 Å². The van der Waals surface area contributed by atoms with Gasteiger partial charge in [-0.2, -0.15) is 0 Å². The minimum Gasteiger partial charge on any atom is -0.476 e. The second-order valence-electron chi connectivity index (χ2n) is 1.57. The lowest BCUT2D eigenvalue weighted by Crippen LogP contribution is -1.95. The van der Waals surface area contributed by atoms with Crippen molar-refractivity contribution >= 4 is 5.97 Å². The number of nitrogens with zero attached hydrogens (tertiary/aromatic N) is 1. The summed E-state index contributed by atoms with van der Waals surface area (Å²) in [6.07, 6.45) is 5.42. The maximum atomic E-state index is 10.1. The van der Waals surface area contributed by atoms with Crippen LogP contribution in [0.25, 0.3) is 0 Å². The Hall–Kier alpha value is -1.71. The zero-order chi connectivity index (χ0) is 8.69. The standard InChI is InChI=1S/C7H7NO3/c1-2-3-4-5-6(8-11)7(9)10/h2-5H,1H2,(H,9,10)/b4-3-,6-5-. The largest absolute Gasteiger partial charge is 0.476 e. The maximum Gasteiger partial charge on any atom is 0.358 e. The molecule has 1 N–H and O–H groups in total. The monoisotopic (exact) mass is 153 g/mol. The summed E-state index contributed by atoms with van der Waals surface area (Å²) in [5, 5.41) is 10.5. The molecule has 0 bridgehead atoms. The quantitative estimate of drug-likeness (QED) is 0.377. The topological polar surface area (TPSA) is 66.7 Å². The van der Waals surface area contributed by atoms with Gasteiger partial charge in [-0.3, -0.25) is 0 Å². The molecule has 0 spiro atoms. The minimum absolute atomic E-state index is 0.525. The number of hydrogen-bond donors (Lipinski definition) is 1. The van der Waals surface area contributed by atoms with E-state index in [1.807, 2.05) is 0 Å². The third-order valence-corrected chi connectivity index (χ3v) is 0.819. The van der Waals surface area contributed by atoms with E-state index in [2.05, 4.69) is 11.8 Å². The van der Waals surface area contributed by atoms with Gasteiger partial charge in [0.1, 0.15) is 0 Å². The number of nitroso groups, excluding NO2 is 1. The molecule has 0 saturated carbocycles. The van der Waals surface area contributed by atoms with Gasteiger partial charge in [-0.25, -0.2) is 4.79 Å². The summed E-state index contributed by atoms with van der Waals surface area (Å²) in [5.41, 5.74) is -0.525. The first-order valence-electron chi connectivity index (χ1n) is 2.78. The highest BCUT2D eigenvalue weighted by molar-refractivity contribution is 5.86. The first-order valence-corrected chi connectivity index (χ1v) is 2.78. The average molecular weight is 153 g/mol. The van der Waals surface area contributed by atoms with E-state index in [9.17, 15) is 9.70 Å². The summed E-state index contributed by atoms with van der Waals surface area (Å²) in [5.74, 6) is -1.34. The van der Waals surface area contributed by atoms with Crippen molar-refractivity contribution < 1.29 is 9.90 Å². The average Bonchev–Trinajstić information content (AvgIpc) is 1.97. The van der Waals surface area contributed by atoms with Crippen molar-refractivity contribution in [2.75, 3.05) is 0 Å². The highest BCUT2D eigenvalue weighted by Gasteiger charge is 2.03. The Kier molecular flexibility index (Phi) is 4.31. The molecule has 0 aromatic heterocycles. The van der Waals surface area contributed by atoms with Gasteiger partial charge in [0.15, 0.2) is 5.70 Å². The predicted octanol–water partition coefficient (Wildman–Crippen LogP) is 1.46. The van der Waals surface area contributed by atoms with Crippen LogP contribution in [0.15, 0.2) is 41.8 Å². The van der Waals surface area contributed by atoms with Crippen LogP contribution < -0.4 is 0 Å². The van der Waals surface area contributed by atoms with Crippen molar-refractivity contribution in [1.82, 2.24) is 0 Å². The lowest BCUT2D eigenvalue weighted by atomic mass is 10.4. The van der Waals surface area contributed by atoms with Gasteiger partial charge in [-0.05, 0) is 11.3 Å². The van der Waals surface area contributed by atoms with E-state index >= 15 is 0 Å². The molecule has 0 aliphatic carbocycles. The lowest BCUT2D eigenvalue weighted by Gasteiger charge is -1.83. The molecule has 0 heterocycles. The molecule has 0 radical (unpaired) electrons. The number of carboxylic acid groups (broad SMARTS) is 1. The molecule has 58 valence electrons. The van der Waals surface area contributed by atoms with Crippen LogP contribution in [0.4, 0.5) is 0 Å². The fraction of sp³-hybridized carbons (Fsp3) is 0. The normalized spacial score (nSPS) is 11.5. The van der Waals surface area contributed by atoms with Crippen molar-refractivity contribution in [3.63, 3.8) is 0 Å². The third kappa shape index (κ3) is 3.80. The van der Waals surface area contributed by atoms with E-state index < -0.39 is 11.7 Å². The van der Waals surface area contributed by atoms with Crippen molar-refractivity contribution in [2.24, 2.45) is 5.18 Å². The fourth-order valence-corrected chi connectivity index (χ4v) is 0.366. The predicted molar refractivity (Wildman–Crippen MR) is 40.9 cm³/mol. The lowest BCUT2D eigenvalue weighted by molar-refractivity contribution is -0.132. The maximum absolute atomic E-state index is 10.1. The Bertz CT molecular complexity index is 228. The van der Waals surface area contributed by atoms with Gasteiger partial charge in [0.25, 0.3) is 0 Å². The molecule has 0 atom stereocenters. The molecule has 4 heteroatoms. The molecule has 0 fully saturated rings. The van der Waals surface area contributed by atoms with Gasteiger partial charge >= 0.3 is 5.97 Å². The van der Waals surface area contributed by atoms with Crippen LogP contribution >= 0.6 is 0 Å². The van der Waals surface area contributed by atoms with Crippen LogP contribution in [0.2, 0.25) is 0 Å². The number of rotatable bonds is 4. The van der Waals surface area contributed by atoms with Crippen molar-refractivity contribution in [2.45, 2.75) is 0 Å². The molecule has 0 aromatic rings. The van der Waals surface area contributed by atoms with E-state index in [1.165, 1.54) is 18.2 Å². The SMILES string of the molecule is C=C/C=C\C=C(/N=O)C(=O)O. The van der Waals surface area contributed by atoms with Gasteiger partial charge in [0.05, 0.1) is 0 Å². The third-order valence-electron chi connectivity index (χ3n) is 0.819. The second-order valence-corrected chi connectivity index (χ2v) is 1.57. The Morgan fingerprint density at radius 3 is 2.45 bits per heavy atom. The summed E-state index contributed by atoms with van der Waals surface area (Å²) in [4.78, 5) is 19.9. The van der Waals surface area contributed by atoms with Crippen LogP contribution in [0.1, 0.15) is 0 Å². The van der Waals surface area contributed by atoms with Crippen LogP contribution in [-0.4, -0.2) is 11.1 Å². The molecule has 11 heavy (non-hydrogen) atoms. The summed E-state index contributed by atoms with van der Waals surface area (Å²) >= 11 is 0. The molecular formula is C7H7NO3. The summed E-state index contributed by atoms with van der Waals surface area (Å²) in [6.45, 7) is 3.36. The van der Waals surface area contributed by atoms with Crippen molar-refractivity contribution in [3.05, 3.63) is 41.5 Å². The van der Waals surface area contributed by atoms with Gasteiger partial charge in [0.2, 0.25) is 0 Å². The van der Waals surface area contributed by atoms with Crippen LogP contribution in [0.3, 0.4) is 0 Å². The zero-order valence-electron chi connectivity index (χ0n) is 5.73. The molecule has 0 aromatic carbocycles. The van der Waals surface area contributed by atoms with E-state index in [0.29, 0.717) is 0 Å². The Labute approximate surface area is 63.5 Å². The Morgan fingerprint density at radius 1 is 1.45 bits per heavy atom. The van der Waals surface area contributed by atoms with Crippen LogP contribution in [-0.2, 0) is 4.79 Å². The molecule has 0 rings (SSSR count). The first-order chi connectivity index (χ1) is 5.22. The number of hydrogen-bond acceptors (Lipinski definition) is 3. The zero-order valence-corrected chi connectivity index (χ0v) is 5.73. The Morgan fingerprint density at radius 2 is 2.09 bits per heavy atom.